The van der Waals surface area contributed by atoms with Gasteiger partial charge in [0.2, 0.25) is 0 Å². The Bertz CT molecular complexity index is 441. The molecule has 20 heavy (non-hydrogen) atoms. The van der Waals surface area contributed by atoms with Crippen LogP contribution in [0.15, 0.2) is 18.2 Å². The average Bonchev–Trinajstić information content (AvgIpc) is 2.42. The van der Waals surface area contributed by atoms with Gasteiger partial charge >= 0.3 is 0 Å². The lowest BCUT2D eigenvalue weighted by molar-refractivity contribution is 0.0789. The van der Waals surface area contributed by atoms with Crippen molar-refractivity contribution in [2.75, 3.05) is 25.5 Å². The molecular formula is C17H28N2O. The van der Waals surface area contributed by atoms with Gasteiger partial charge in [-0.3, -0.25) is 4.79 Å². The van der Waals surface area contributed by atoms with E-state index in [1.807, 2.05) is 37.1 Å². The number of anilines is 1. The molecule has 0 bridgehead atoms. The quantitative estimate of drug-likeness (QED) is 0.818. The van der Waals surface area contributed by atoms with Crippen LogP contribution in [0.5, 0.6) is 0 Å². The maximum absolute atomic E-state index is 12.3. The van der Waals surface area contributed by atoms with E-state index < -0.39 is 0 Å². The highest BCUT2D eigenvalue weighted by Crippen LogP contribution is 2.17. The first-order chi connectivity index (χ1) is 9.45. The third kappa shape index (κ3) is 4.87. The number of amides is 1. The van der Waals surface area contributed by atoms with E-state index in [2.05, 4.69) is 26.1 Å². The average molecular weight is 276 g/mol. The van der Waals surface area contributed by atoms with Gasteiger partial charge in [0, 0.05) is 31.4 Å². The van der Waals surface area contributed by atoms with E-state index in [-0.39, 0.29) is 5.91 Å². The van der Waals surface area contributed by atoms with Crippen molar-refractivity contribution in [1.82, 2.24) is 4.90 Å². The number of rotatable bonds is 7. The van der Waals surface area contributed by atoms with Crippen molar-refractivity contribution in [2.24, 2.45) is 5.92 Å². The molecule has 0 aromatic heterocycles. The molecule has 0 radical (unpaired) electrons. The number of benzene rings is 1. The van der Waals surface area contributed by atoms with E-state index >= 15 is 0 Å². The fourth-order valence-electron chi connectivity index (χ4n) is 2.03. The predicted molar refractivity (Wildman–Crippen MR) is 86.4 cm³/mol. The first-order valence-electron chi connectivity index (χ1n) is 7.55. The second kappa shape index (κ2) is 7.93. The van der Waals surface area contributed by atoms with Crippen LogP contribution in [0.1, 0.15) is 49.5 Å². The van der Waals surface area contributed by atoms with Crippen molar-refractivity contribution in [3.63, 3.8) is 0 Å². The number of carbonyl (C=O) groups excluding carboxylic acids is 1. The van der Waals surface area contributed by atoms with Crippen LogP contribution < -0.4 is 5.32 Å². The number of hydrogen-bond acceptors (Lipinski definition) is 2. The first kappa shape index (κ1) is 16.5. The molecule has 0 aliphatic rings. The molecule has 1 amide bonds. The molecule has 0 aliphatic carbocycles. The molecule has 0 aliphatic heterocycles. The van der Waals surface area contributed by atoms with Crippen molar-refractivity contribution in [3.05, 3.63) is 29.3 Å². The third-order valence-corrected chi connectivity index (χ3v) is 3.43. The molecule has 0 heterocycles. The summed E-state index contributed by atoms with van der Waals surface area (Å²) in [5, 5.41) is 3.37. The van der Waals surface area contributed by atoms with E-state index in [1.165, 1.54) is 0 Å². The predicted octanol–water partition coefficient (Wildman–Crippen LogP) is 3.94. The summed E-state index contributed by atoms with van der Waals surface area (Å²) in [7, 11) is 1.88. The second-order valence-electron chi connectivity index (χ2n) is 5.87. The highest BCUT2D eigenvalue weighted by Gasteiger charge is 2.13. The minimum absolute atomic E-state index is 0.107. The van der Waals surface area contributed by atoms with Crippen LogP contribution in [0, 0.1) is 12.8 Å². The molecule has 0 unspecified atom stereocenters. The van der Waals surface area contributed by atoms with Gasteiger partial charge in [0.1, 0.15) is 0 Å². The molecule has 1 N–H and O–H groups in total. The van der Waals surface area contributed by atoms with Gasteiger partial charge in [-0.2, -0.15) is 0 Å². The number of nitrogens with zero attached hydrogens (tertiary/aromatic N) is 1. The van der Waals surface area contributed by atoms with E-state index in [4.69, 9.17) is 0 Å². The maximum Gasteiger partial charge on any atom is 0.253 e. The Kier molecular flexibility index (Phi) is 6.56. The minimum Gasteiger partial charge on any atom is -0.385 e. The summed E-state index contributed by atoms with van der Waals surface area (Å²) >= 11 is 0. The lowest BCUT2D eigenvalue weighted by Crippen LogP contribution is -2.28. The van der Waals surface area contributed by atoms with Crippen molar-refractivity contribution >= 4 is 11.6 Å². The van der Waals surface area contributed by atoms with Gasteiger partial charge in [0.05, 0.1) is 0 Å². The zero-order valence-electron chi connectivity index (χ0n) is 13.5. The minimum atomic E-state index is 0.107. The Hall–Kier alpha value is -1.51. The first-order valence-corrected chi connectivity index (χ1v) is 7.55. The van der Waals surface area contributed by atoms with Gasteiger partial charge in [0.15, 0.2) is 0 Å². The smallest absolute Gasteiger partial charge is 0.253 e. The molecule has 112 valence electrons. The van der Waals surface area contributed by atoms with Crippen LogP contribution in [0.4, 0.5) is 5.69 Å². The Balaban J connectivity index is 2.71. The summed E-state index contributed by atoms with van der Waals surface area (Å²) < 4.78 is 0. The van der Waals surface area contributed by atoms with Gasteiger partial charge < -0.3 is 10.2 Å². The second-order valence-corrected chi connectivity index (χ2v) is 5.87. The molecule has 1 aromatic carbocycles. The van der Waals surface area contributed by atoms with Gasteiger partial charge in [-0.15, -0.1) is 0 Å². The van der Waals surface area contributed by atoms with E-state index in [0.717, 1.165) is 42.7 Å². The Morgan fingerprint density at radius 2 is 2.05 bits per heavy atom. The molecule has 0 fully saturated rings. The van der Waals surface area contributed by atoms with Crippen LogP contribution >= 0.6 is 0 Å². The fraction of sp³-hybridized carbons (Fsp3) is 0.588. The van der Waals surface area contributed by atoms with E-state index in [1.54, 1.807) is 0 Å². The van der Waals surface area contributed by atoms with Crippen molar-refractivity contribution in [3.8, 4) is 0 Å². The van der Waals surface area contributed by atoms with E-state index in [9.17, 15) is 4.79 Å². The SMILES string of the molecule is CCCNc1ccc(C(=O)N(C)CCC(C)C)cc1C. The van der Waals surface area contributed by atoms with Gasteiger partial charge in [0.25, 0.3) is 5.91 Å². The maximum atomic E-state index is 12.3. The van der Waals surface area contributed by atoms with Crippen LogP contribution in [0.2, 0.25) is 0 Å². The monoisotopic (exact) mass is 276 g/mol. The molecule has 1 aromatic rings. The Morgan fingerprint density at radius 1 is 1.35 bits per heavy atom. The topological polar surface area (TPSA) is 32.3 Å². The Morgan fingerprint density at radius 3 is 2.60 bits per heavy atom. The van der Waals surface area contributed by atoms with Gasteiger partial charge in [-0.25, -0.2) is 0 Å². The van der Waals surface area contributed by atoms with Crippen molar-refractivity contribution < 1.29 is 4.79 Å². The highest BCUT2D eigenvalue weighted by molar-refractivity contribution is 5.94. The summed E-state index contributed by atoms with van der Waals surface area (Å²) in [6.45, 7) is 10.3. The van der Waals surface area contributed by atoms with Crippen LogP contribution in [0.3, 0.4) is 0 Å². The summed E-state index contributed by atoms with van der Waals surface area (Å²) in [5.41, 5.74) is 3.02. The zero-order chi connectivity index (χ0) is 15.1. The normalized spacial score (nSPS) is 10.7. The number of carbonyl (C=O) groups is 1. The van der Waals surface area contributed by atoms with Crippen LogP contribution in [-0.2, 0) is 0 Å². The standard InChI is InChI=1S/C17H28N2O/c1-6-10-18-16-8-7-15(12-14(16)4)17(20)19(5)11-9-13(2)3/h7-8,12-13,18H,6,9-11H2,1-5H3. The highest BCUT2D eigenvalue weighted by atomic mass is 16.2. The molecule has 1 rings (SSSR count). The van der Waals surface area contributed by atoms with Gasteiger partial charge in [-0.1, -0.05) is 20.8 Å². The van der Waals surface area contributed by atoms with Crippen molar-refractivity contribution in [1.29, 1.82) is 0 Å². The lowest BCUT2D eigenvalue weighted by atomic mass is 10.1. The lowest BCUT2D eigenvalue weighted by Gasteiger charge is -2.19. The fourth-order valence-corrected chi connectivity index (χ4v) is 2.03. The molecule has 3 heteroatoms. The molecular weight excluding hydrogens is 248 g/mol. The van der Waals surface area contributed by atoms with Crippen LogP contribution in [0.25, 0.3) is 0 Å². The third-order valence-electron chi connectivity index (χ3n) is 3.43. The molecule has 3 nitrogen and oxygen atoms in total. The number of aryl methyl sites for hydroxylation is 1. The number of hydrogen-bond donors (Lipinski definition) is 1. The molecule has 0 atom stereocenters. The Labute approximate surface area is 123 Å². The summed E-state index contributed by atoms with van der Waals surface area (Å²) in [6.07, 6.45) is 2.13. The molecule has 0 saturated carbocycles. The zero-order valence-corrected chi connectivity index (χ0v) is 13.5. The molecule has 0 saturated heterocycles. The summed E-state index contributed by atoms with van der Waals surface area (Å²) in [5.74, 6) is 0.725. The van der Waals surface area contributed by atoms with Crippen molar-refractivity contribution in [2.45, 2.75) is 40.5 Å². The molecule has 0 spiro atoms. The largest absolute Gasteiger partial charge is 0.385 e. The number of nitrogens with one attached hydrogen (secondary N) is 1. The van der Waals surface area contributed by atoms with Gasteiger partial charge in [-0.05, 0) is 49.4 Å². The van der Waals surface area contributed by atoms with E-state index in [0.29, 0.717) is 5.92 Å². The summed E-state index contributed by atoms with van der Waals surface area (Å²) in [6, 6.07) is 5.90. The summed E-state index contributed by atoms with van der Waals surface area (Å²) in [4.78, 5) is 14.2. The van der Waals surface area contributed by atoms with Crippen LogP contribution in [-0.4, -0.2) is 30.9 Å².